The van der Waals surface area contributed by atoms with Crippen molar-refractivity contribution in [3.05, 3.63) is 89.2 Å². The quantitative estimate of drug-likeness (QED) is 0.651. The lowest BCUT2D eigenvalue weighted by molar-refractivity contribution is 0.284. The van der Waals surface area contributed by atoms with Gasteiger partial charge < -0.3 is 9.47 Å². The van der Waals surface area contributed by atoms with Crippen LogP contribution in [0.2, 0.25) is 0 Å². The zero-order chi connectivity index (χ0) is 18.2. The van der Waals surface area contributed by atoms with E-state index in [1.54, 1.807) is 19.5 Å². The Morgan fingerprint density at radius 2 is 1.88 bits per heavy atom. The molecule has 0 atom stereocenters. The Morgan fingerprint density at radius 3 is 2.65 bits per heavy atom. The SMILES string of the molecule is COc1cc(/C=C/c2ccncc2C#N)ccc1OCc1ccccc1. The second-order valence-electron chi connectivity index (χ2n) is 5.59. The van der Waals surface area contributed by atoms with Gasteiger partial charge in [-0.3, -0.25) is 4.98 Å². The van der Waals surface area contributed by atoms with E-state index in [1.165, 1.54) is 0 Å². The van der Waals surface area contributed by atoms with E-state index in [2.05, 4.69) is 11.1 Å². The van der Waals surface area contributed by atoms with Gasteiger partial charge in [0.2, 0.25) is 0 Å². The molecule has 26 heavy (non-hydrogen) atoms. The first-order valence-electron chi connectivity index (χ1n) is 8.17. The standard InChI is InChI=1S/C22H18N2O2/c1-25-22-13-17(7-9-19-11-12-24-15-20(19)14-23)8-10-21(22)26-16-18-5-3-2-4-6-18/h2-13,15H,16H2,1H3/b9-7+. The molecule has 0 fully saturated rings. The number of hydrogen-bond donors (Lipinski definition) is 0. The van der Waals surface area contributed by atoms with Crippen molar-refractivity contribution >= 4 is 12.2 Å². The van der Waals surface area contributed by atoms with Gasteiger partial charge in [0.05, 0.1) is 12.7 Å². The van der Waals surface area contributed by atoms with E-state index in [-0.39, 0.29) is 0 Å². The molecule has 3 rings (SSSR count). The molecule has 0 saturated carbocycles. The third-order valence-corrected chi connectivity index (χ3v) is 3.86. The summed E-state index contributed by atoms with van der Waals surface area (Å²) in [6, 6.07) is 19.7. The minimum atomic E-state index is 0.481. The maximum Gasteiger partial charge on any atom is 0.161 e. The summed E-state index contributed by atoms with van der Waals surface area (Å²) in [4.78, 5) is 3.96. The molecule has 0 N–H and O–H groups in total. The lowest BCUT2D eigenvalue weighted by atomic mass is 10.1. The monoisotopic (exact) mass is 342 g/mol. The minimum Gasteiger partial charge on any atom is -0.493 e. The maximum atomic E-state index is 9.13. The number of nitriles is 1. The Balaban J connectivity index is 1.76. The van der Waals surface area contributed by atoms with Crippen LogP contribution in [0.3, 0.4) is 0 Å². The van der Waals surface area contributed by atoms with Crippen LogP contribution in [0.15, 0.2) is 67.0 Å². The van der Waals surface area contributed by atoms with E-state index >= 15 is 0 Å². The van der Waals surface area contributed by atoms with Gasteiger partial charge in [-0.25, -0.2) is 0 Å². The fourth-order valence-corrected chi connectivity index (χ4v) is 2.47. The Hall–Kier alpha value is -3.58. The van der Waals surface area contributed by atoms with Crippen molar-refractivity contribution in [1.29, 1.82) is 5.26 Å². The molecule has 1 aromatic heterocycles. The summed E-state index contributed by atoms with van der Waals surface area (Å²) in [7, 11) is 1.62. The molecule has 4 nitrogen and oxygen atoms in total. The third kappa shape index (κ3) is 4.28. The van der Waals surface area contributed by atoms with Crippen LogP contribution in [-0.2, 0) is 6.61 Å². The van der Waals surface area contributed by atoms with Gasteiger partial charge >= 0.3 is 0 Å². The van der Waals surface area contributed by atoms with E-state index in [1.807, 2.05) is 66.7 Å². The van der Waals surface area contributed by atoms with Gasteiger partial charge in [-0.1, -0.05) is 48.6 Å². The highest BCUT2D eigenvalue weighted by Crippen LogP contribution is 2.29. The summed E-state index contributed by atoms with van der Waals surface area (Å²) in [5.74, 6) is 1.36. The topological polar surface area (TPSA) is 55.1 Å². The second kappa shape index (κ2) is 8.50. The molecule has 128 valence electrons. The van der Waals surface area contributed by atoms with Crippen molar-refractivity contribution in [2.75, 3.05) is 7.11 Å². The summed E-state index contributed by atoms with van der Waals surface area (Å²) >= 11 is 0. The average Bonchev–Trinajstić information content (AvgIpc) is 2.71. The number of aromatic nitrogens is 1. The van der Waals surface area contributed by atoms with E-state index < -0.39 is 0 Å². The highest BCUT2D eigenvalue weighted by molar-refractivity contribution is 5.73. The highest BCUT2D eigenvalue weighted by Gasteiger charge is 2.05. The van der Waals surface area contributed by atoms with Crippen molar-refractivity contribution in [3.8, 4) is 17.6 Å². The Kier molecular flexibility index (Phi) is 5.64. The first-order valence-corrected chi connectivity index (χ1v) is 8.17. The molecule has 0 radical (unpaired) electrons. The molecular weight excluding hydrogens is 324 g/mol. The summed E-state index contributed by atoms with van der Waals surface area (Å²) in [5, 5.41) is 9.13. The van der Waals surface area contributed by atoms with Crippen LogP contribution in [0.1, 0.15) is 22.3 Å². The van der Waals surface area contributed by atoms with Crippen LogP contribution in [0.5, 0.6) is 11.5 Å². The fourth-order valence-electron chi connectivity index (χ4n) is 2.47. The van der Waals surface area contributed by atoms with Crippen LogP contribution < -0.4 is 9.47 Å². The van der Waals surface area contributed by atoms with Crippen molar-refractivity contribution < 1.29 is 9.47 Å². The number of nitrogens with zero attached hydrogens (tertiary/aromatic N) is 2. The van der Waals surface area contributed by atoms with Gasteiger partial charge in [0.1, 0.15) is 12.7 Å². The number of ether oxygens (including phenoxy) is 2. The normalized spacial score (nSPS) is 10.5. The van der Waals surface area contributed by atoms with Crippen molar-refractivity contribution in [2.24, 2.45) is 0 Å². The summed E-state index contributed by atoms with van der Waals surface area (Å²) in [6.07, 6.45) is 7.04. The Morgan fingerprint density at radius 1 is 1.04 bits per heavy atom. The van der Waals surface area contributed by atoms with E-state index in [0.29, 0.717) is 23.7 Å². The highest BCUT2D eigenvalue weighted by atomic mass is 16.5. The van der Waals surface area contributed by atoms with Crippen LogP contribution in [0.25, 0.3) is 12.2 Å². The van der Waals surface area contributed by atoms with Crippen LogP contribution in [0, 0.1) is 11.3 Å². The largest absolute Gasteiger partial charge is 0.493 e. The van der Waals surface area contributed by atoms with Gasteiger partial charge in [0.15, 0.2) is 11.5 Å². The molecule has 3 aromatic rings. The van der Waals surface area contributed by atoms with Crippen LogP contribution in [0.4, 0.5) is 0 Å². The smallest absolute Gasteiger partial charge is 0.161 e. The van der Waals surface area contributed by atoms with Crippen molar-refractivity contribution in [2.45, 2.75) is 6.61 Å². The van der Waals surface area contributed by atoms with Gasteiger partial charge in [-0.15, -0.1) is 0 Å². The van der Waals surface area contributed by atoms with Crippen LogP contribution >= 0.6 is 0 Å². The molecule has 0 saturated heterocycles. The van der Waals surface area contributed by atoms with Gasteiger partial charge in [-0.05, 0) is 34.9 Å². The Bertz CT molecular complexity index is 944. The lowest BCUT2D eigenvalue weighted by Gasteiger charge is -2.11. The molecule has 4 heteroatoms. The molecular formula is C22H18N2O2. The lowest BCUT2D eigenvalue weighted by Crippen LogP contribution is -1.97. The second-order valence-corrected chi connectivity index (χ2v) is 5.59. The van der Waals surface area contributed by atoms with E-state index in [4.69, 9.17) is 14.7 Å². The number of rotatable bonds is 6. The van der Waals surface area contributed by atoms with Gasteiger partial charge in [0.25, 0.3) is 0 Å². The predicted molar refractivity (Wildman–Crippen MR) is 102 cm³/mol. The molecule has 0 spiro atoms. The molecule has 0 aliphatic rings. The predicted octanol–water partition coefficient (Wildman–Crippen LogP) is 4.71. The Labute approximate surface area is 153 Å². The molecule has 0 bridgehead atoms. The molecule has 0 aliphatic heterocycles. The number of hydrogen-bond acceptors (Lipinski definition) is 4. The molecule has 2 aromatic carbocycles. The number of methoxy groups -OCH3 is 1. The van der Waals surface area contributed by atoms with Crippen LogP contribution in [-0.4, -0.2) is 12.1 Å². The molecule has 0 aliphatic carbocycles. The van der Waals surface area contributed by atoms with Crippen molar-refractivity contribution in [3.63, 3.8) is 0 Å². The summed E-state index contributed by atoms with van der Waals surface area (Å²) in [6.45, 7) is 0.481. The zero-order valence-electron chi connectivity index (χ0n) is 14.4. The molecule has 0 amide bonds. The minimum absolute atomic E-state index is 0.481. The first kappa shape index (κ1) is 17.2. The van der Waals surface area contributed by atoms with E-state index in [9.17, 15) is 0 Å². The van der Waals surface area contributed by atoms with Gasteiger partial charge in [-0.2, -0.15) is 5.26 Å². The van der Waals surface area contributed by atoms with Crippen molar-refractivity contribution in [1.82, 2.24) is 4.98 Å². The molecule has 0 unspecified atom stereocenters. The third-order valence-electron chi connectivity index (χ3n) is 3.86. The first-order chi connectivity index (χ1) is 12.8. The number of pyridine rings is 1. The number of benzene rings is 2. The summed E-state index contributed by atoms with van der Waals surface area (Å²) < 4.78 is 11.3. The van der Waals surface area contributed by atoms with E-state index in [0.717, 1.165) is 16.7 Å². The van der Waals surface area contributed by atoms with Gasteiger partial charge in [0, 0.05) is 12.4 Å². The average molecular weight is 342 g/mol. The fraction of sp³-hybridized carbons (Fsp3) is 0.0909. The molecule has 1 heterocycles. The zero-order valence-corrected chi connectivity index (χ0v) is 14.4. The summed E-state index contributed by atoms with van der Waals surface area (Å²) in [5.41, 5.74) is 3.42. The maximum absolute atomic E-state index is 9.13.